The monoisotopic (exact) mass is 434 g/mol. The third kappa shape index (κ3) is 3.84. The molecule has 1 aromatic heterocycles. The predicted octanol–water partition coefficient (Wildman–Crippen LogP) is 5.58. The molecule has 4 nitrogen and oxygen atoms in total. The van der Waals surface area contributed by atoms with E-state index in [4.69, 9.17) is 11.6 Å². The van der Waals surface area contributed by atoms with E-state index in [1.54, 1.807) is 49.4 Å². The highest BCUT2D eigenvalue weighted by atomic mass is 35.5. The Morgan fingerprint density at radius 2 is 1.68 bits per heavy atom. The van der Waals surface area contributed by atoms with Gasteiger partial charge in [-0.3, -0.25) is 14.2 Å². The van der Waals surface area contributed by atoms with Crippen LogP contribution in [-0.2, 0) is 0 Å². The molecule has 0 aliphatic carbocycles. The first-order chi connectivity index (χ1) is 14.9. The summed E-state index contributed by atoms with van der Waals surface area (Å²) in [5, 5.41) is 4.03. The lowest BCUT2D eigenvalue weighted by molar-refractivity contribution is 0.0940. The maximum Gasteiger partial charge on any atom is 0.264 e. The number of aromatic nitrogens is 1. The van der Waals surface area contributed by atoms with Gasteiger partial charge in [0.1, 0.15) is 5.82 Å². The van der Waals surface area contributed by atoms with Crippen molar-refractivity contribution in [2.24, 2.45) is 0 Å². The molecule has 156 valence electrons. The highest BCUT2D eigenvalue weighted by Gasteiger charge is 2.23. The minimum Gasteiger partial charge on any atom is -0.345 e. The molecule has 0 spiro atoms. The summed E-state index contributed by atoms with van der Waals surface area (Å²) in [5.41, 5.74) is 2.01. The zero-order valence-corrected chi connectivity index (χ0v) is 17.8. The van der Waals surface area contributed by atoms with Crippen LogP contribution in [0.5, 0.6) is 0 Å². The van der Waals surface area contributed by atoms with Gasteiger partial charge in [0.2, 0.25) is 0 Å². The summed E-state index contributed by atoms with van der Waals surface area (Å²) in [4.78, 5) is 26.7. The van der Waals surface area contributed by atoms with Crippen LogP contribution in [-0.4, -0.2) is 10.5 Å². The predicted molar refractivity (Wildman–Crippen MR) is 122 cm³/mol. The normalized spacial score (nSPS) is 12.0. The van der Waals surface area contributed by atoms with E-state index in [9.17, 15) is 14.0 Å². The molecule has 0 bridgehead atoms. The number of carbonyl (C=O) groups excluding carboxylic acids is 1. The number of fused-ring (bicyclic) bond motifs is 1. The molecule has 1 atom stereocenters. The molecule has 0 fully saturated rings. The van der Waals surface area contributed by atoms with E-state index in [1.807, 2.05) is 25.1 Å². The maximum absolute atomic E-state index is 13.4. The van der Waals surface area contributed by atoms with E-state index < -0.39 is 0 Å². The van der Waals surface area contributed by atoms with Crippen LogP contribution >= 0.6 is 11.6 Å². The van der Waals surface area contributed by atoms with E-state index in [0.717, 1.165) is 5.56 Å². The van der Waals surface area contributed by atoms with Gasteiger partial charge in [0.15, 0.2) is 0 Å². The Hall–Kier alpha value is -3.44. The largest absolute Gasteiger partial charge is 0.345 e. The second kappa shape index (κ2) is 8.36. The number of hydrogen-bond acceptors (Lipinski definition) is 2. The topological polar surface area (TPSA) is 51.1 Å². The smallest absolute Gasteiger partial charge is 0.264 e. The molecule has 0 radical (unpaired) electrons. The fourth-order valence-corrected chi connectivity index (χ4v) is 4.05. The average molecular weight is 435 g/mol. The molecule has 0 saturated heterocycles. The van der Waals surface area contributed by atoms with Crippen LogP contribution in [0.2, 0.25) is 5.02 Å². The van der Waals surface area contributed by atoms with Crippen LogP contribution in [0.3, 0.4) is 0 Å². The standard InChI is InChI=1S/C25H20ClFN2O2/c1-15(17-11-13-18(27)14-12-17)28-24(30)22-16(2)29(19-7-4-3-5-8-19)25(31)23-20(22)9-6-10-21(23)26/h3-15H,1-2H3,(H,28,30)/t15-/m0/s1. The van der Waals surface area contributed by atoms with E-state index >= 15 is 0 Å². The number of nitrogens with zero attached hydrogens (tertiary/aromatic N) is 1. The number of halogens is 2. The fraction of sp³-hybridized carbons (Fsp3) is 0.120. The van der Waals surface area contributed by atoms with Gasteiger partial charge in [0.25, 0.3) is 11.5 Å². The molecule has 0 aliphatic heterocycles. The first-order valence-electron chi connectivity index (χ1n) is 9.84. The van der Waals surface area contributed by atoms with Crippen molar-refractivity contribution in [3.05, 3.63) is 111 Å². The zero-order valence-electron chi connectivity index (χ0n) is 17.0. The molecule has 0 aliphatic rings. The Morgan fingerprint density at radius 1 is 1.00 bits per heavy atom. The summed E-state index contributed by atoms with van der Waals surface area (Å²) >= 11 is 6.39. The molecule has 0 saturated carbocycles. The van der Waals surface area contributed by atoms with Crippen molar-refractivity contribution in [2.75, 3.05) is 0 Å². The lowest BCUT2D eigenvalue weighted by atomic mass is 10.0. The second-order valence-corrected chi connectivity index (χ2v) is 7.75. The number of rotatable bonds is 4. The fourth-order valence-electron chi connectivity index (χ4n) is 3.80. The van der Waals surface area contributed by atoms with Crippen LogP contribution < -0.4 is 10.9 Å². The van der Waals surface area contributed by atoms with Gasteiger partial charge >= 0.3 is 0 Å². The summed E-state index contributed by atoms with van der Waals surface area (Å²) in [6.45, 7) is 3.56. The number of amides is 1. The molecule has 1 N–H and O–H groups in total. The second-order valence-electron chi connectivity index (χ2n) is 7.35. The van der Waals surface area contributed by atoms with Gasteiger partial charge in [0.05, 0.1) is 22.0 Å². The van der Waals surface area contributed by atoms with E-state index in [2.05, 4.69) is 5.32 Å². The highest BCUT2D eigenvalue weighted by Crippen LogP contribution is 2.27. The molecule has 4 rings (SSSR count). The Labute approximate surface area is 183 Å². The quantitative estimate of drug-likeness (QED) is 0.455. The minimum absolute atomic E-state index is 0.285. The van der Waals surface area contributed by atoms with E-state index in [0.29, 0.717) is 27.7 Å². The molecule has 1 amide bonds. The van der Waals surface area contributed by atoms with E-state index in [1.165, 1.54) is 16.7 Å². The summed E-state index contributed by atoms with van der Waals surface area (Å²) in [7, 11) is 0. The third-order valence-electron chi connectivity index (χ3n) is 5.36. The van der Waals surface area contributed by atoms with Gasteiger partial charge < -0.3 is 5.32 Å². The summed E-state index contributed by atoms with van der Waals surface area (Å²) in [6.07, 6.45) is 0. The highest BCUT2D eigenvalue weighted by molar-refractivity contribution is 6.36. The van der Waals surface area contributed by atoms with Gasteiger partial charge in [0, 0.05) is 16.8 Å². The Bertz CT molecular complexity index is 1330. The van der Waals surface area contributed by atoms with Gasteiger partial charge in [-0.2, -0.15) is 0 Å². The number of benzene rings is 3. The van der Waals surface area contributed by atoms with Crippen molar-refractivity contribution in [2.45, 2.75) is 19.9 Å². The molecule has 3 aromatic carbocycles. The Balaban J connectivity index is 1.89. The van der Waals surface area contributed by atoms with Gasteiger partial charge in [-0.25, -0.2) is 4.39 Å². The summed E-state index contributed by atoms with van der Waals surface area (Å²) < 4.78 is 14.8. The number of para-hydroxylation sites is 1. The van der Waals surface area contributed by atoms with Gasteiger partial charge in [-0.15, -0.1) is 0 Å². The molecule has 0 unspecified atom stereocenters. The minimum atomic E-state index is -0.362. The first kappa shape index (κ1) is 20.8. The Kier molecular flexibility index (Phi) is 5.61. The van der Waals surface area contributed by atoms with Gasteiger partial charge in [-0.05, 0) is 49.7 Å². The molecular weight excluding hydrogens is 415 g/mol. The first-order valence-corrected chi connectivity index (χ1v) is 10.2. The summed E-state index contributed by atoms with van der Waals surface area (Å²) in [6, 6.07) is 19.8. The molecule has 1 heterocycles. The third-order valence-corrected chi connectivity index (χ3v) is 5.67. The molecule has 6 heteroatoms. The number of hydrogen-bond donors (Lipinski definition) is 1. The van der Waals surface area contributed by atoms with Crippen molar-refractivity contribution in [3.8, 4) is 5.69 Å². The lowest BCUT2D eigenvalue weighted by Gasteiger charge is -2.20. The van der Waals surface area contributed by atoms with Crippen molar-refractivity contribution in [3.63, 3.8) is 0 Å². The number of pyridine rings is 1. The molecule has 31 heavy (non-hydrogen) atoms. The van der Waals surface area contributed by atoms with Crippen LogP contribution in [0.1, 0.15) is 34.6 Å². The number of carbonyl (C=O) groups is 1. The van der Waals surface area contributed by atoms with E-state index in [-0.39, 0.29) is 28.3 Å². The van der Waals surface area contributed by atoms with Crippen molar-refractivity contribution in [1.29, 1.82) is 0 Å². The van der Waals surface area contributed by atoms with Crippen LogP contribution in [0.4, 0.5) is 4.39 Å². The van der Waals surface area contributed by atoms with Crippen molar-refractivity contribution in [1.82, 2.24) is 9.88 Å². The number of nitrogens with one attached hydrogen (secondary N) is 1. The van der Waals surface area contributed by atoms with Crippen LogP contribution in [0.15, 0.2) is 77.6 Å². The van der Waals surface area contributed by atoms with Crippen LogP contribution in [0.25, 0.3) is 16.5 Å². The Morgan fingerprint density at radius 3 is 2.35 bits per heavy atom. The SMILES string of the molecule is Cc1c(C(=O)N[C@@H](C)c2ccc(F)cc2)c2cccc(Cl)c2c(=O)n1-c1ccccc1. The van der Waals surface area contributed by atoms with Gasteiger partial charge in [-0.1, -0.05) is 54.1 Å². The summed E-state index contributed by atoms with van der Waals surface area (Å²) in [5.74, 6) is -0.681. The molecular formula is C25H20ClFN2O2. The zero-order chi connectivity index (χ0) is 22.1. The average Bonchev–Trinajstić information content (AvgIpc) is 2.75. The molecule has 4 aromatic rings. The maximum atomic E-state index is 13.4. The lowest BCUT2D eigenvalue weighted by Crippen LogP contribution is -2.31. The van der Waals surface area contributed by atoms with Crippen molar-refractivity contribution >= 4 is 28.3 Å². The van der Waals surface area contributed by atoms with Crippen LogP contribution in [0, 0.1) is 12.7 Å². The van der Waals surface area contributed by atoms with Crippen molar-refractivity contribution < 1.29 is 9.18 Å².